The average Bonchev–Trinajstić information content (AvgIpc) is 2.74. The van der Waals surface area contributed by atoms with Gasteiger partial charge in [0, 0.05) is 0 Å². The molecule has 0 saturated heterocycles. The van der Waals surface area contributed by atoms with Gasteiger partial charge < -0.3 is 14.2 Å². The Labute approximate surface area is 168 Å². The SMILES string of the molecule is CCCOC(=Cc1ccccc1)C(=O)c1cccc(OCCC)c1OCCC. The van der Waals surface area contributed by atoms with Crippen molar-refractivity contribution in [2.75, 3.05) is 19.8 Å². The standard InChI is InChI=1S/C24H30O4/c1-4-15-26-21-14-10-13-20(24(21)28-17-6-3)23(25)22(27-16-5-2)18-19-11-8-7-9-12-19/h7-14,18H,4-6,15-17H2,1-3H3. The Morgan fingerprint density at radius 2 is 1.50 bits per heavy atom. The molecule has 4 heteroatoms. The highest BCUT2D eigenvalue weighted by atomic mass is 16.5. The van der Waals surface area contributed by atoms with Gasteiger partial charge in [-0.2, -0.15) is 0 Å². The number of para-hydroxylation sites is 1. The summed E-state index contributed by atoms with van der Waals surface area (Å²) < 4.78 is 17.5. The molecular formula is C24H30O4. The van der Waals surface area contributed by atoms with E-state index >= 15 is 0 Å². The monoisotopic (exact) mass is 382 g/mol. The van der Waals surface area contributed by atoms with Crippen molar-refractivity contribution in [2.45, 2.75) is 40.0 Å². The lowest BCUT2D eigenvalue weighted by Gasteiger charge is -2.16. The van der Waals surface area contributed by atoms with E-state index in [0.29, 0.717) is 42.6 Å². The highest BCUT2D eigenvalue weighted by Crippen LogP contribution is 2.33. The maximum Gasteiger partial charge on any atom is 0.231 e. The molecule has 4 nitrogen and oxygen atoms in total. The summed E-state index contributed by atoms with van der Waals surface area (Å²) in [7, 11) is 0. The van der Waals surface area contributed by atoms with Crippen LogP contribution in [0.5, 0.6) is 11.5 Å². The molecule has 0 aliphatic rings. The largest absolute Gasteiger partial charge is 0.490 e. The summed E-state index contributed by atoms with van der Waals surface area (Å²) in [4.78, 5) is 13.3. The first-order valence-electron chi connectivity index (χ1n) is 10.0. The van der Waals surface area contributed by atoms with Crippen LogP contribution in [-0.2, 0) is 4.74 Å². The van der Waals surface area contributed by atoms with Crippen LogP contribution in [0.3, 0.4) is 0 Å². The number of carbonyl (C=O) groups is 1. The minimum absolute atomic E-state index is 0.203. The molecule has 0 atom stereocenters. The zero-order chi connectivity index (χ0) is 20.2. The van der Waals surface area contributed by atoms with Gasteiger partial charge in [0.1, 0.15) is 0 Å². The van der Waals surface area contributed by atoms with Gasteiger partial charge in [-0.15, -0.1) is 0 Å². The van der Waals surface area contributed by atoms with Gasteiger partial charge in [0.2, 0.25) is 5.78 Å². The second-order valence-corrected chi connectivity index (χ2v) is 6.43. The summed E-state index contributed by atoms with van der Waals surface area (Å²) in [5, 5.41) is 0. The molecule has 0 unspecified atom stereocenters. The molecule has 150 valence electrons. The summed E-state index contributed by atoms with van der Waals surface area (Å²) >= 11 is 0. The van der Waals surface area contributed by atoms with Gasteiger partial charge in [0.05, 0.1) is 25.4 Å². The zero-order valence-corrected chi connectivity index (χ0v) is 17.1. The van der Waals surface area contributed by atoms with Crippen molar-refractivity contribution in [1.29, 1.82) is 0 Å². The molecule has 0 N–H and O–H groups in total. The first kappa shape index (κ1) is 21.5. The van der Waals surface area contributed by atoms with Crippen LogP contribution in [0.2, 0.25) is 0 Å². The van der Waals surface area contributed by atoms with Gasteiger partial charge in [0.25, 0.3) is 0 Å². The first-order valence-corrected chi connectivity index (χ1v) is 10.0. The van der Waals surface area contributed by atoms with E-state index in [4.69, 9.17) is 14.2 Å². The molecule has 0 bridgehead atoms. The average molecular weight is 383 g/mol. The van der Waals surface area contributed by atoms with Crippen LogP contribution in [-0.4, -0.2) is 25.6 Å². The fraction of sp³-hybridized carbons (Fsp3) is 0.375. The third kappa shape index (κ3) is 6.15. The summed E-state index contributed by atoms with van der Waals surface area (Å²) in [5.74, 6) is 1.19. The Balaban J connectivity index is 2.43. The van der Waals surface area contributed by atoms with Crippen molar-refractivity contribution in [2.24, 2.45) is 0 Å². The van der Waals surface area contributed by atoms with Crippen molar-refractivity contribution in [3.63, 3.8) is 0 Å². The summed E-state index contributed by atoms with van der Waals surface area (Å²) in [5.41, 5.74) is 1.37. The molecule has 0 radical (unpaired) electrons. The lowest BCUT2D eigenvalue weighted by molar-refractivity contribution is 0.0918. The summed E-state index contributed by atoms with van der Waals surface area (Å²) in [6, 6.07) is 15.1. The Morgan fingerprint density at radius 1 is 0.821 bits per heavy atom. The van der Waals surface area contributed by atoms with Crippen molar-refractivity contribution in [3.05, 3.63) is 65.4 Å². The van der Waals surface area contributed by atoms with Gasteiger partial charge >= 0.3 is 0 Å². The van der Waals surface area contributed by atoms with Crippen molar-refractivity contribution < 1.29 is 19.0 Å². The fourth-order valence-corrected chi connectivity index (χ4v) is 2.59. The molecule has 2 rings (SSSR count). The highest BCUT2D eigenvalue weighted by molar-refractivity contribution is 6.12. The number of hydrogen-bond acceptors (Lipinski definition) is 4. The number of rotatable bonds is 12. The Morgan fingerprint density at radius 3 is 2.18 bits per heavy atom. The third-order valence-corrected chi connectivity index (χ3v) is 3.92. The molecule has 28 heavy (non-hydrogen) atoms. The topological polar surface area (TPSA) is 44.8 Å². The lowest BCUT2D eigenvalue weighted by atomic mass is 10.1. The van der Waals surface area contributed by atoms with Crippen LogP contribution in [0.25, 0.3) is 6.08 Å². The number of ether oxygens (including phenoxy) is 3. The maximum absolute atomic E-state index is 13.3. The van der Waals surface area contributed by atoms with Crippen LogP contribution in [0.4, 0.5) is 0 Å². The number of benzene rings is 2. The van der Waals surface area contributed by atoms with Crippen LogP contribution >= 0.6 is 0 Å². The second-order valence-electron chi connectivity index (χ2n) is 6.43. The van der Waals surface area contributed by atoms with E-state index in [1.54, 1.807) is 12.1 Å². The summed E-state index contributed by atoms with van der Waals surface area (Å²) in [6.07, 6.45) is 4.32. The molecule has 2 aromatic rings. The van der Waals surface area contributed by atoms with E-state index in [1.165, 1.54) is 0 Å². The predicted molar refractivity (Wildman–Crippen MR) is 113 cm³/mol. The molecule has 0 fully saturated rings. The number of allylic oxidation sites excluding steroid dienone is 1. The minimum atomic E-state index is -0.203. The molecule has 0 saturated carbocycles. The predicted octanol–water partition coefficient (Wildman–Crippen LogP) is 5.91. The minimum Gasteiger partial charge on any atom is -0.490 e. The number of Topliss-reactive ketones (excluding diaryl/α,β-unsaturated/α-hetero) is 1. The van der Waals surface area contributed by atoms with Crippen molar-refractivity contribution in [3.8, 4) is 11.5 Å². The number of hydrogen-bond donors (Lipinski definition) is 0. The molecule has 0 heterocycles. The van der Waals surface area contributed by atoms with E-state index in [0.717, 1.165) is 24.8 Å². The Bertz CT molecular complexity index is 765. The van der Waals surface area contributed by atoms with Crippen LogP contribution in [0.15, 0.2) is 54.3 Å². The van der Waals surface area contributed by atoms with Crippen LogP contribution < -0.4 is 9.47 Å². The molecular weight excluding hydrogens is 352 g/mol. The smallest absolute Gasteiger partial charge is 0.231 e. The van der Waals surface area contributed by atoms with Crippen molar-refractivity contribution in [1.82, 2.24) is 0 Å². The molecule has 0 spiro atoms. The molecule has 0 aliphatic heterocycles. The van der Waals surface area contributed by atoms with E-state index in [-0.39, 0.29) is 5.78 Å². The van der Waals surface area contributed by atoms with E-state index in [1.807, 2.05) is 63.2 Å². The number of ketones is 1. The lowest BCUT2D eigenvalue weighted by Crippen LogP contribution is -2.12. The van der Waals surface area contributed by atoms with Crippen LogP contribution in [0, 0.1) is 0 Å². The molecule has 2 aromatic carbocycles. The molecule has 0 amide bonds. The van der Waals surface area contributed by atoms with E-state index < -0.39 is 0 Å². The normalized spacial score (nSPS) is 11.2. The fourth-order valence-electron chi connectivity index (χ4n) is 2.59. The van der Waals surface area contributed by atoms with Gasteiger partial charge in [-0.05, 0) is 43.0 Å². The number of carbonyl (C=O) groups excluding carboxylic acids is 1. The quantitative estimate of drug-likeness (QED) is 0.260. The second kappa shape index (κ2) is 11.9. The molecule has 0 aromatic heterocycles. The Kier molecular flexibility index (Phi) is 9.13. The van der Waals surface area contributed by atoms with Crippen molar-refractivity contribution >= 4 is 11.9 Å². The van der Waals surface area contributed by atoms with E-state index in [2.05, 4.69) is 0 Å². The van der Waals surface area contributed by atoms with Gasteiger partial charge in [-0.25, -0.2) is 0 Å². The van der Waals surface area contributed by atoms with Gasteiger partial charge in [-0.1, -0.05) is 57.2 Å². The van der Waals surface area contributed by atoms with Crippen LogP contribution in [0.1, 0.15) is 56.0 Å². The van der Waals surface area contributed by atoms with E-state index in [9.17, 15) is 4.79 Å². The zero-order valence-electron chi connectivity index (χ0n) is 17.1. The maximum atomic E-state index is 13.3. The Hall–Kier alpha value is -2.75. The molecule has 0 aliphatic carbocycles. The van der Waals surface area contributed by atoms with Gasteiger partial charge in [-0.3, -0.25) is 4.79 Å². The first-order chi connectivity index (χ1) is 13.7. The third-order valence-electron chi connectivity index (χ3n) is 3.92. The summed E-state index contributed by atoms with van der Waals surface area (Å²) in [6.45, 7) is 7.64. The highest BCUT2D eigenvalue weighted by Gasteiger charge is 2.22. The van der Waals surface area contributed by atoms with Gasteiger partial charge in [0.15, 0.2) is 17.3 Å².